The van der Waals surface area contributed by atoms with Crippen LogP contribution in [0.25, 0.3) is 0 Å². The van der Waals surface area contributed by atoms with Crippen LogP contribution in [-0.2, 0) is 21.5 Å². The van der Waals surface area contributed by atoms with Crippen LogP contribution < -0.4 is 4.18 Å². The molecule has 30 heavy (non-hydrogen) atoms. The molecule has 0 radical (unpaired) electrons. The third-order valence-electron chi connectivity index (χ3n) is 4.69. The van der Waals surface area contributed by atoms with Crippen molar-refractivity contribution < 1.29 is 21.8 Å². The van der Waals surface area contributed by atoms with Gasteiger partial charge in [-0.2, -0.15) is 8.42 Å². The van der Waals surface area contributed by atoms with Crippen LogP contribution in [-0.4, -0.2) is 25.3 Å². The number of nitrogens with zero attached hydrogens (tertiary/aromatic N) is 1. The standard InChI is InChI=1S/C22H27ClFNO4S/c1-5-16(4)25(22(26)12-15(2)3)14-17-13-18(23)6-11-21(17)29-30(27,28)20-9-7-19(24)8-10-20/h6-11,13,15-16H,5,12,14H2,1-4H3/t16-/m0/s1. The molecule has 164 valence electrons. The summed E-state index contributed by atoms with van der Waals surface area (Å²) in [6.07, 6.45) is 1.13. The molecule has 1 atom stereocenters. The molecule has 0 saturated carbocycles. The molecule has 5 nitrogen and oxygen atoms in total. The second kappa shape index (κ2) is 10.3. The molecule has 0 unspecified atom stereocenters. The van der Waals surface area contributed by atoms with Gasteiger partial charge in [0.05, 0.1) is 0 Å². The summed E-state index contributed by atoms with van der Waals surface area (Å²) in [5.41, 5.74) is 0.477. The van der Waals surface area contributed by atoms with Crippen LogP contribution in [0.1, 0.15) is 46.1 Å². The van der Waals surface area contributed by atoms with E-state index >= 15 is 0 Å². The third kappa shape index (κ3) is 6.44. The maximum absolute atomic E-state index is 13.1. The minimum absolute atomic E-state index is 0.0216. The lowest BCUT2D eigenvalue weighted by atomic mass is 10.1. The van der Waals surface area contributed by atoms with E-state index in [1.165, 1.54) is 12.1 Å². The van der Waals surface area contributed by atoms with Gasteiger partial charge in [-0.15, -0.1) is 0 Å². The fourth-order valence-electron chi connectivity index (χ4n) is 2.88. The summed E-state index contributed by atoms with van der Waals surface area (Å²) in [6.45, 7) is 8.02. The Morgan fingerprint density at radius 3 is 2.33 bits per heavy atom. The lowest BCUT2D eigenvalue weighted by Gasteiger charge is -2.30. The van der Waals surface area contributed by atoms with Crippen molar-refractivity contribution >= 4 is 27.6 Å². The zero-order chi connectivity index (χ0) is 22.5. The third-order valence-corrected chi connectivity index (χ3v) is 6.17. The van der Waals surface area contributed by atoms with E-state index in [1.54, 1.807) is 11.0 Å². The fraction of sp³-hybridized carbons (Fsp3) is 0.409. The highest BCUT2D eigenvalue weighted by molar-refractivity contribution is 7.87. The number of rotatable bonds is 9. The fourth-order valence-corrected chi connectivity index (χ4v) is 4.04. The summed E-state index contributed by atoms with van der Waals surface area (Å²) in [5.74, 6) is -0.298. The lowest BCUT2D eigenvalue weighted by molar-refractivity contribution is -0.134. The van der Waals surface area contributed by atoms with Crippen molar-refractivity contribution in [3.05, 3.63) is 58.9 Å². The van der Waals surface area contributed by atoms with Crippen LogP contribution in [0.3, 0.4) is 0 Å². The maximum Gasteiger partial charge on any atom is 0.339 e. The van der Waals surface area contributed by atoms with E-state index < -0.39 is 15.9 Å². The maximum atomic E-state index is 13.1. The van der Waals surface area contributed by atoms with Gasteiger partial charge >= 0.3 is 10.1 Å². The second-order valence-corrected chi connectivity index (χ2v) is 9.60. The molecule has 0 heterocycles. The summed E-state index contributed by atoms with van der Waals surface area (Å²) < 4.78 is 43.8. The second-order valence-electron chi connectivity index (χ2n) is 7.62. The Kier molecular flexibility index (Phi) is 8.26. The van der Waals surface area contributed by atoms with Crippen molar-refractivity contribution in [2.24, 2.45) is 5.92 Å². The van der Waals surface area contributed by atoms with Crippen LogP contribution in [0.4, 0.5) is 4.39 Å². The zero-order valence-corrected chi connectivity index (χ0v) is 19.1. The van der Waals surface area contributed by atoms with Crippen LogP contribution in [0.15, 0.2) is 47.4 Å². The van der Waals surface area contributed by atoms with Gasteiger partial charge < -0.3 is 9.08 Å². The van der Waals surface area contributed by atoms with Crippen molar-refractivity contribution in [3.8, 4) is 5.75 Å². The number of hydrogen-bond acceptors (Lipinski definition) is 4. The Morgan fingerprint density at radius 1 is 1.13 bits per heavy atom. The van der Waals surface area contributed by atoms with E-state index in [9.17, 15) is 17.6 Å². The van der Waals surface area contributed by atoms with Gasteiger partial charge in [0.15, 0.2) is 0 Å². The Labute approximate surface area is 182 Å². The van der Waals surface area contributed by atoms with Crippen molar-refractivity contribution in [3.63, 3.8) is 0 Å². The van der Waals surface area contributed by atoms with Gasteiger partial charge in [0.2, 0.25) is 5.91 Å². The SMILES string of the molecule is CC[C@H](C)N(Cc1cc(Cl)ccc1OS(=O)(=O)c1ccc(F)cc1)C(=O)CC(C)C. The highest BCUT2D eigenvalue weighted by Crippen LogP contribution is 2.29. The Balaban J connectivity index is 2.37. The van der Waals surface area contributed by atoms with Gasteiger partial charge in [-0.05, 0) is 61.7 Å². The number of hydrogen-bond donors (Lipinski definition) is 0. The van der Waals surface area contributed by atoms with Crippen LogP contribution in [0, 0.1) is 11.7 Å². The first-order valence-electron chi connectivity index (χ1n) is 9.81. The largest absolute Gasteiger partial charge is 0.379 e. The quantitative estimate of drug-likeness (QED) is 0.473. The molecule has 0 aliphatic heterocycles. The van der Waals surface area contributed by atoms with Crippen molar-refractivity contribution in [2.75, 3.05) is 0 Å². The molecular formula is C22H27ClFNO4S. The molecule has 0 spiro atoms. The van der Waals surface area contributed by atoms with Crippen LogP contribution in [0.5, 0.6) is 5.75 Å². The molecule has 2 rings (SSSR count). The van der Waals surface area contributed by atoms with E-state index in [4.69, 9.17) is 15.8 Å². The summed E-state index contributed by atoms with van der Waals surface area (Å²) >= 11 is 6.13. The van der Waals surface area contributed by atoms with Crippen molar-refractivity contribution in [1.29, 1.82) is 0 Å². The lowest BCUT2D eigenvalue weighted by Crippen LogP contribution is -2.38. The van der Waals surface area contributed by atoms with Crippen molar-refractivity contribution in [2.45, 2.75) is 58.0 Å². The first-order chi connectivity index (χ1) is 14.0. The van der Waals surface area contributed by atoms with Gasteiger partial charge in [-0.3, -0.25) is 4.79 Å². The number of benzene rings is 2. The molecule has 1 amide bonds. The highest BCUT2D eigenvalue weighted by atomic mass is 35.5. The molecule has 0 N–H and O–H groups in total. The predicted molar refractivity (Wildman–Crippen MR) is 115 cm³/mol. The summed E-state index contributed by atoms with van der Waals surface area (Å²) in [4.78, 5) is 14.3. The first-order valence-corrected chi connectivity index (χ1v) is 11.6. The average Bonchev–Trinajstić information content (AvgIpc) is 2.67. The van der Waals surface area contributed by atoms with Crippen LogP contribution in [0.2, 0.25) is 5.02 Å². The van der Waals surface area contributed by atoms with Crippen molar-refractivity contribution in [1.82, 2.24) is 4.90 Å². The van der Waals surface area contributed by atoms with E-state index in [0.29, 0.717) is 17.0 Å². The molecule has 2 aromatic rings. The van der Waals surface area contributed by atoms with Gasteiger partial charge in [0.25, 0.3) is 0 Å². The molecule has 2 aromatic carbocycles. The topological polar surface area (TPSA) is 63.7 Å². The summed E-state index contributed by atoms with van der Waals surface area (Å²) in [7, 11) is -4.18. The minimum Gasteiger partial charge on any atom is -0.379 e. The van der Waals surface area contributed by atoms with Gasteiger partial charge in [-0.25, -0.2) is 4.39 Å². The zero-order valence-electron chi connectivity index (χ0n) is 17.6. The Hall–Kier alpha value is -2.12. The highest BCUT2D eigenvalue weighted by Gasteiger charge is 2.24. The summed E-state index contributed by atoms with van der Waals surface area (Å²) in [5, 5.41) is 0.400. The van der Waals surface area contributed by atoms with Gasteiger partial charge in [0.1, 0.15) is 16.5 Å². The number of carbonyl (C=O) groups excluding carboxylic acids is 1. The van der Waals surface area contributed by atoms with E-state index in [2.05, 4.69) is 0 Å². The number of halogens is 2. The van der Waals surface area contributed by atoms with Gasteiger partial charge in [0, 0.05) is 29.6 Å². The molecule has 8 heteroatoms. The van der Waals surface area contributed by atoms with E-state index in [0.717, 1.165) is 30.7 Å². The van der Waals surface area contributed by atoms with E-state index in [-0.39, 0.29) is 35.1 Å². The molecule has 0 bridgehead atoms. The normalized spacial score (nSPS) is 12.6. The van der Waals surface area contributed by atoms with Crippen LogP contribution >= 0.6 is 11.6 Å². The van der Waals surface area contributed by atoms with Gasteiger partial charge in [-0.1, -0.05) is 32.4 Å². The number of amides is 1. The molecular weight excluding hydrogens is 429 g/mol. The Morgan fingerprint density at radius 2 is 1.77 bits per heavy atom. The Bertz CT molecular complexity index is 977. The first kappa shape index (κ1) is 24.2. The molecule has 0 aromatic heterocycles. The monoisotopic (exact) mass is 455 g/mol. The summed E-state index contributed by atoms with van der Waals surface area (Å²) in [6, 6.07) is 8.90. The smallest absolute Gasteiger partial charge is 0.339 e. The molecule has 0 fully saturated rings. The minimum atomic E-state index is -4.18. The van der Waals surface area contributed by atoms with E-state index in [1.807, 2.05) is 27.7 Å². The molecule has 0 saturated heterocycles. The average molecular weight is 456 g/mol. The predicted octanol–water partition coefficient (Wildman–Crippen LogP) is 5.42. The molecule has 0 aliphatic rings. The molecule has 0 aliphatic carbocycles. The number of carbonyl (C=O) groups is 1.